The van der Waals surface area contributed by atoms with E-state index in [1.165, 1.54) is 0 Å². The highest BCUT2D eigenvalue weighted by atomic mass is 35.5. The first-order valence-corrected chi connectivity index (χ1v) is 6.68. The molecule has 0 aromatic heterocycles. The Morgan fingerprint density at radius 2 is 1.85 bits per heavy atom. The number of rotatable bonds is 4. The number of halogens is 2. The number of anilines is 1. The smallest absolute Gasteiger partial charge is 0.169 e. The van der Waals surface area contributed by atoms with Crippen LogP contribution in [0.2, 0.25) is 10.0 Å². The van der Waals surface area contributed by atoms with E-state index in [1.807, 2.05) is 0 Å². The third-order valence-electron chi connectivity index (χ3n) is 2.96. The van der Waals surface area contributed by atoms with Crippen molar-refractivity contribution in [2.75, 3.05) is 12.8 Å². The average Bonchev–Trinajstić information content (AvgIpc) is 2.42. The summed E-state index contributed by atoms with van der Waals surface area (Å²) in [6.07, 6.45) is 0.106. The van der Waals surface area contributed by atoms with Crippen molar-refractivity contribution in [3.63, 3.8) is 0 Å². The van der Waals surface area contributed by atoms with Crippen LogP contribution in [0.15, 0.2) is 36.4 Å². The lowest BCUT2D eigenvalue weighted by atomic mass is 10.0. The molecule has 0 amide bonds. The van der Waals surface area contributed by atoms with Gasteiger partial charge in [-0.25, -0.2) is 0 Å². The fourth-order valence-electron chi connectivity index (χ4n) is 1.88. The molecule has 2 rings (SSSR count). The highest BCUT2D eigenvalue weighted by Gasteiger charge is 2.15. The van der Waals surface area contributed by atoms with Gasteiger partial charge in [0.05, 0.1) is 7.11 Å². The summed E-state index contributed by atoms with van der Waals surface area (Å²) in [5, 5.41) is 0.941. The minimum Gasteiger partial charge on any atom is -0.497 e. The summed E-state index contributed by atoms with van der Waals surface area (Å²) < 4.78 is 5.05. The highest BCUT2D eigenvalue weighted by Crippen LogP contribution is 2.27. The van der Waals surface area contributed by atoms with Crippen LogP contribution in [0.25, 0.3) is 0 Å². The van der Waals surface area contributed by atoms with Crippen LogP contribution in [-0.2, 0) is 6.42 Å². The number of benzene rings is 2. The van der Waals surface area contributed by atoms with Crippen LogP contribution in [0.1, 0.15) is 15.9 Å². The van der Waals surface area contributed by atoms with Crippen LogP contribution in [0.4, 0.5) is 5.69 Å². The molecule has 0 spiro atoms. The van der Waals surface area contributed by atoms with Gasteiger partial charge in [-0.1, -0.05) is 29.3 Å². The molecule has 0 bridgehead atoms. The summed E-state index contributed by atoms with van der Waals surface area (Å²) in [6.45, 7) is 0. The van der Waals surface area contributed by atoms with Gasteiger partial charge in [-0.3, -0.25) is 4.79 Å². The molecule has 0 saturated heterocycles. The molecule has 0 unspecified atom stereocenters. The number of carbonyl (C=O) groups is 1. The monoisotopic (exact) mass is 309 g/mol. The molecule has 0 aliphatic carbocycles. The van der Waals surface area contributed by atoms with Gasteiger partial charge in [0.15, 0.2) is 5.78 Å². The normalized spacial score (nSPS) is 10.3. The SMILES string of the molecule is COc1ccc(C(=O)Cc2c(Cl)cccc2Cl)c(N)c1. The zero-order valence-electron chi connectivity index (χ0n) is 10.8. The maximum Gasteiger partial charge on any atom is 0.169 e. The van der Waals surface area contributed by atoms with Crippen molar-refractivity contribution in [1.82, 2.24) is 0 Å². The maximum absolute atomic E-state index is 12.3. The van der Waals surface area contributed by atoms with E-state index < -0.39 is 0 Å². The van der Waals surface area contributed by atoms with Crippen LogP contribution in [0, 0.1) is 0 Å². The lowest BCUT2D eigenvalue weighted by Crippen LogP contribution is -2.08. The summed E-state index contributed by atoms with van der Waals surface area (Å²) in [5.41, 5.74) is 7.27. The first kappa shape index (κ1) is 14.7. The number of carbonyl (C=O) groups excluding carboxylic acids is 1. The van der Waals surface area contributed by atoms with Gasteiger partial charge in [-0.15, -0.1) is 0 Å². The Bertz CT molecular complexity index is 636. The molecule has 2 N–H and O–H groups in total. The van der Waals surface area contributed by atoms with Crippen LogP contribution in [0.5, 0.6) is 5.75 Å². The Morgan fingerprint density at radius 3 is 2.40 bits per heavy atom. The van der Waals surface area contributed by atoms with Gasteiger partial charge in [0.25, 0.3) is 0 Å². The molecule has 2 aromatic carbocycles. The second-order valence-corrected chi connectivity index (χ2v) is 5.07. The molecular formula is C15H13Cl2NO2. The number of hydrogen-bond acceptors (Lipinski definition) is 3. The van der Waals surface area contributed by atoms with E-state index in [-0.39, 0.29) is 12.2 Å². The van der Waals surface area contributed by atoms with E-state index in [1.54, 1.807) is 43.5 Å². The lowest BCUT2D eigenvalue weighted by molar-refractivity contribution is 0.0994. The van der Waals surface area contributed by atoms with E-state index in [2.05, 4.69) is 0 Å². The first-order valence-electron chi connectivity index (χ1n) is 5.92. The molecule has 5 heteroatoms. The number of Topliss-reactive ketones (excluding diaryl/α,β-unsaturated/α-hetero) is 1. The van der Waals surface area contributed by atoms with Crippen LogP contribution < -0.4 is 10.5 Å². The van der Waals surface area contributed by atoms with Gasteiger partial charge >= 0.3 is 0 Å². The van der Waals surface area contributed by atoms with Crippen molar-refractivity contribution in [3.8, 4) is 5.75 Å². The van der Waals surface area contributed by atoms with Crippen molar-refractivity contribution >= 4 is 34.7 Å². The molecular weight excluding hydrogens is 297 g/mol. The van der Waals surface area contributed by atoms with Crippen LogP contribution in [-0.4, -0.2) is 12.9 Å². The first-order chi connectivity index (χ1) is 9.52. The van der Waals surface area contributed by atoms with E-state index in [0.29, 0.717) is 32.6 Å². The van der Waals surface area contributed by atoms with Crippen molar-refractivity contribution < 1.29 is 9.53 Å². The predicted molar refractivity (Wildman–Crippen MR) is 81.9 cm³/mol. The van der Waals surface area contributed by atoms with Crippen LogP contribution >= 0.6 is 23.2 Å². The molecule has 0 atom stereocenters. The second-order valence-electron chi connectivity index (χ2n) is 4.25. The second kappa shape index (κ2) is 6.16. The quantitative estimate of drug-likeness (QED) is 0.686. The fourth-order valence-corrected chi connectivity index (χ4v) is 2.41. The Kier molecular flexibility index (Phi) is 4.53. The molecule has 0 aliphatic heterocycles. The van der Waals surface area contributed by atoms with Gasteiger partial charge < -0.3 is 10.5 Å². The third-order valence-corrected chi connectivity index (χ3v) is 3.67. The molecule has 0 aliphatic rings. The van der Waals surface area contributed by atoms with E-state index in [0.717, 1.165) is 0 Å². The molecule has 2 aromatic rings. The van der Waals surface area contributed by atoms with Crippen molar-refractivity contribution in [2.45, 2.75) is 6.42 Å². The molecule has 0 radical (unpaired) electrons. The standard InChI is InChI=1S/C15H13Cl2NO2/c1-20-9-5-6-10(14(18)7-9)15(19)8-11-12(16)3-2-4-13(11)17/h2-7H,8,18H2,1H3. The van der Waals surface area contributed by atoms with Crippen molar-refractivity contribution in [3.05, 3.63) is 57.6 Å². The van der Waals surface area contributed by atoms with Crippen LogP contribution in [0.3, 0.4) is 0 Å². The minimum atomic E-state index is -0.139. The van der Waals surface area contributed by atoms with Crippen molar-refractivity contribution in [1.29, 1.82) is 0 Å². The highest BCUT2D eigenvalue weighted by molar-refractivity contribution is 6.36. The van der Waals surface area contributed by atoms with Gasteiger partial charge in [0, 0.05) is 33.8 Å². The molecule has 104 valence electrons. The van der Waals surface area contributed by atoms with Gasteiger partial charge in [-0.2, -0.15) is 0 Å². The zero-order valence-corrected chi connectivity index (χ0v) is 12.3. The molecule has 3 nitrogen and oxygen atoms in total. The molecule has 20 heavy (non-hydrogen) atoms. The van der Waals surface area contributed by atoms with E-state index in [9.17, 15) is 4.79 Å². The number of methoxy groups -OCH3 is 1. The number of ether oxygens (including phenoxy) is 1. The predicted octanol–water partition coefficient (Wildman–Crippen LogP) is 4.01. The summed E-state index contributed by atoms with van der Waals surface area (Å²) in [7, 11) is 1.54. The zero-order chi connectivity index (χ0) is 14.7. The number of nitrogens with two attached hydrogens (primary N) is 1. The Balaban J connectivity index is 2.29. The van der Waals surface area contributed by atoms with E-state index in [4.69, 9.17) is 33.7 Å². The van der Waals surface area contributed by atoms with E-state index >= 15 is 0 Å². The summed E-state index contributed by atoms with van der Waals surface area (Å²) in [6, 6.07) is 10.1. The van der Waals surface area contributed by atoms with Gasteiger partial charge in [-0.05, 0) is 29.8 Å². The van der Waals surface area contributed by atoms with Gasteiger partial charge in [0.1, 0.15) is 5.75 Å². The fraction of sp³-hybridized carbons (Fsp3) is 0.133. The topological polar surface area (TPSA) is 52.3 Å². The number of ketones is 1. The van der Waals surface area contributed by atoms with Gasteiger partial charge in [0.2, 0.25) is 0 Å². The summed E-state index contributed by atoms with van der Waals surface area (Å²) in [5.74, 6) is 0.468. The van der Waals surface area contributed by atoms with Crippen molar-refractivity contribution in [2.24, 2.45) is 0 Å². The molecule has 0 heterocycles. The summed E-state index contributed by atoms with van der Waals surface area (Å²) >= 11 is 12.1. The summed E-state index contributed by atoms with van der Waals surface area (Å²) in [4.78, 5) is 12.3. The Labute approximate surface area is 127 Å². The maximum atomic E-state index is 12.3. The third kappa shape index (κ3) is 3.06. The Hall–Kier alpha value is -1.71. The number of hydrogen-bond donors (Lipinski definition) is 1. The number of nitrogen functional groups attached to an aromatic ring is 1. The minimum absolute atomic E-state index is 0.106. The Morgan fingerprint density at radius 1 is 1.20 bits per heavy atom. The average molecular weight is 310 g/mol. The molecule has 0 fully saturated rings. The largest absolute Gasteiger partial charge is 0.497 e. The molecule has 0 saturated carbocycles. The lowest BCUT2D eigenvalue weighted by Gasteiger charge is -2.09.